The van der Waals surface area contributed by atoms with Gasteiger partial charge in [-0.3, -0.25) is 4.79 Å². The van der Waals surface area contributed by atoms with E-state index < -0.39 is 0 Å². The summed E-state index contributed by atoms with van der Waals surface area (Å²) in [7, 11) is 0. The summed E-state index contributed by atoms with van der Waals surface area (Å²) in [6.07, 6.45) is 7.20. The molecule has 0 aliphatic heterocycles. The van der Waals surface area contributed by atoms with Gasteiger partial charge in [-0.15, -0.1) is 13.2 Å². The van der Waals surface area contributed by atoms with E-state index in [2.05, 4.69) is 24.7 Å². The molecule has 4 nitrogen and oxygen atoms in total. The Morgan fingerprint density at radius 3 is 2.27 bits per heavy atom. The van der Waals surface area contributed by atoms with Gasteiger partial charge < -0.3 is 9.30 Å². The fourth-order valence-corrected chi connectivity index (χ4v) is 1.26. The van der Waals surface area contributed by atoms with Crippen molar-refractivity contribution in [2.45, 2.75) is 54.7 Å². The summed E-state index contributed by atoms with van der Waals surface area (Å²) in [5, 5.41) is 0. The molecule has 0 saturated heterocycles. The summed E-state index contributed by atoms with van der Waals surface area (Å²) in [6.45, 7) is 22.0. The molecule has 0 saturated carbocycles. The third kappa shape index (κ3) is 11.7. The summed E-state index contributed by atoms with van der Waals surface area (Å²) in [6, 6.07) is 0. The lowest BCUT2D eigenvalue weighted by Crippen LogP contribution is -2.07. The first-order chi connectivity index (χ1) is 10.7. The molecule has 0 aliphatic carbocycles. The molecule has 1 heterocycles. The van der Waals surface area contributed by atoms with E-state index in [4.69, 9.17) is 4.74 Å². The molecule has 0 radical (unpaired) electrons. The number of hydrogen-bond acceptors (Lipinski definition) is 3. The van der Waals surface area contributed by atoms with Crippen LogP contribution in [-0.2, 0) is 22.7 Å². The standard InChI is InChI=1S/C12H16N2O2.2C2H6.C2H4/c1-4-11(5-2)7-14-9-13-6-12(14)8-16-10(3)15;3*1-2/h4-6,9H,1,7-8H2,2-3H3;2*1-2H3;1-2H2/b11-5+;;;. The third-order valence-electron chi connectivity index (χ3n) is 2.21. The minimum atomic E-state index is -0.289. The Bertz CT molecular complexity index is 420. The lowest BCUT2D eigenvalue weighted by Gasteiger charge is -2.08. The van der Waals surface area contributed by atoms with Gasteiger partial charge in [-0.2, -0.15) is 0 Å². The first-order valence-electron chi connectivity index (χ1n) is 7.57. The Kier molecular flexibility index (Phi) is 21.4. The van der Waals surface area contributed by atoms with Gasteiger partial charge in [0.1, 0.15) is 6.61 Å². The van der Waals surface area contributed by atoms with Gasteiger partial charge in [0.15, 0.2) is 0 Å². The van der Waals surface area contributed by atoms with Gasteiger partial charge >= 0.3 is 5.97 Å². The zero-order valence-corrected chi connectivity index (χ0v) is 15.1. The van der Waals surface area contributed by atoms with Gasteiger partial charge in [0.25, 0.3) is 0 Å². The number of hydrogen-bond donors (Lipinski definition) is 0. The fraction of sp³-hybridized carbons (Fsp3) is 0.444. The maximum atomic E-state index is 10.7. The van der Waals surface area contributed by atoms with Gasteiger partial charge in [0, 0.05) is 13.5 Å². The first kappa shape index (κ1) is 24.9. The average molecular weight is 308 g/mol. The van der Waals surface area contributed by atoms with Crippen molar-refractivity contribution in [1.82, 2.24) is 9.55 Å². The molecule has 0 N–H and O–H groups in total. The minimum Gasteiger partial charge on any atom is -0.459 e. The number of aromatic nitrogens is 2. The summed E-state index contributed by atoms with van der Waals surface area (Å²) < 4.78 is 6.86. The smallest absolute Gasteiger partial charge is 0.303 e. The van der Waals surface area contributed by atoms with Gasteiger partial charge in [-0.1, -0.05) is 46.4 Å². The molecule has 1 rings (SSSR count). The van der Waals surface area contributed by atoms with E-state index in [9.17, 15) is 4.79 Å². The van der Waals surface area contributed by atoms with Gasteiger partial charge in [0.2, 0.25) is 0 Å². The van der Waals surface area contributed by atoms with Crippen molar-refractivity contribution in [3.8, 4) is 0 Å². The average Bonchev–Trinajstić information content (AvgIpc) is 3.03. The van der Waals surface area contributed by atoms with E-state index >= 15 is 0 Å². The Hall–Kier alpha value is -2.10. The Morgan fingerprint density at radius 1 is 1.32 bits per heavy atom. The highest BCUT2D eigenvalue weighted by Gasteiger charge is 2.04. The molecule has 4 heteroatoms. The largest absolute Gasteiger partial charge is 0.459 e. The molecule has 1 aromatic heterocycles. The lowest BCUT2D eigenvalue weighted by atomic mass is 10.2. The molecule has 0 fully saturated rings. The van der Waals surface area contributed by atoms with E-state index in [-0.39, 0.29) is 12.6 Å². The zero-order valence-electron chi connectivity index (χ0n) is 15.1. The zero-order chi connectivity index (χ0) is 18.0. The van der Waals surface area contributed by atoms with Crippen LogP contribution in [0.15, 0.2) is 50.0 Å². The van der Waals surface area contributed by atoms with E-state index in [1.54, 1.807) is 18.6 Å². The van der Waals surface area contributed by atoms with Crippen LogP contribution in [0.4, 0.5) is 0 Å². The number of carbonyl (C=O) groups is 1. The number of nitrogens with zero attached hydrogens (tertiary/aromatic N) is 2. The van der Waals surface area contributed by atoms with Crippen molar-refractivity contribution in [2.75, 3.05) is 0 Å². The summed E-state index contributed by atoms with van der Waals surface area (Å²) in [5.74, 6) is -0.289. The number of allylic oxidation sites excluding steroid dienone is 3. The molecule has 0 atom stereocenters. The van der Waals surface area contributed by atoms with E-state index in [0.717, 1.165) is 11.3 Å². The SMILES string of the molecule is C=C.C=C/C(=C\C)Cn1cncc1COC(C)=O.CC.CC. The van der Waals surface area contributed by atoms with E-state index in [0.29, 0.717) is 6.54 Å². The summed E-state index contributed by atoms with van der Waals surface area (Å²) in [4.78, 5) is 14.7. The van der Waals surface area contributed by atoms with Crippen LogP contribution < -0.4 is 0 Å². The molecule has 22 heavy (non-hydrogen) atoms. The van der Waals surface area contributed by atoms with Gasteiger partial charge in [-0.05, 0) is 12.5 Å². The monoisotopic (exact) mass is 308 g/mol. The highest BCUT2D eigenvalue weighted by atomic mass is 16.5. The second kappa shape index (κ2) is 18.9. The topological polar surface area (TPSA) is 44.1 Å². The highest BCUT2D eigenvalue weighted by molar-refractivity contribution is 5.65. The van der Waals surface area contributed by atoms with Crippen LogP contribution in [0.5, 0.6) is 0 Å². The predicted molar refractivity (Wildman–Crippen MR) is 95.6 cm³/mol. The summed E-state index contributed by atoms with van der Waals surface area (Å²) in [5.41, 5.74) is 1.97. The first-order valence-corrected chi connectivity index (χ1v) is 7.57. The van der Waals surface area contributed by atoms with Crippen molar-refractivity contribution in [3.05, 3.63) is 55.7 Å². The van der Waals surface area contributed by atoms with Crippen molar-refractivity contribution < 1.29 is 9.53 Å². The maximum Gasteiger partial charge on any atom is 0.303 e. The van der Waals surface area contributed by atoms with Crippen molar-refractivity contribution in [3.63, 3.8) is 0 Å². The van der Waals surface area contributed by atoms with Crippen LogP contribution in [0.2, 0.25) is 0 Å². The number of imidazole rings is 1. The Labute approximate surface area is 136 Å². The molecular weight excluding hydrogens is 276 g/mol. The normalized spacial score (nSPS) is 8.91. The fourth-order valence-electron chi connectivity index (χ4n) is 1.26. The van der Waals surface area contributed by atoms with Crippen LogP contribution in [0, 0.1) is 0 Å². The van der Waals surface area contributed by atoms with Gasteiger partial charge in [0.05, 0.1) is 18.2 Å². The quantitative estimate of drug-likeness (QED) is 0.440. The molecule has 1 aromatic rings. The molecule has 0 unspecified atom stereocenters. The molecular formula is C18H32N2O2. The highest BCUT2D eigenvalue weighted by Crippen LogP contribution is 2.07. The molecule has 0 aromatic carbocycles. The van der Waals surface area contributed by atoms with Crippen molar-refractivity contribution in [2.24, 2.45) is 0 Å². The van der Waals surface area contributed by atoms with E-state index in [1.165, 1.54) is 6.92 Å². The van der Waals surface area contributed by atoms with Crippen LogP contribution in [0.3, 0.4) is 0 Å². The van der Waals surface area contributed by atoms with Crippen LogP contribution in [0.1, 0.15) is 47.2 Å². The molecule has 126 valence electrons. The Balaban J connectivity index is -0.000000535. The van der Waals surface area contributed by atoms with Crippen LogP contribution >= 0.6 is 0 Å². The number of rotatable bonds is 5. The number of ether oxygens (including phenoxy) is 1. The minimum absolute atomic E-state index is 0.253. The predicted octanol–water partition coefficient (Wildman–Crippen LogP) is 4.93. The molecule has 0 spiro atoms. The van der Waals surface area contributed by atoms with Crippen molar-refractivity contribution in [1.29, 1.82) is 0 Å². The molecule has 0 bridgehead atoms. The second-order valence-corrected chi connectivity index (χ2v) is 3.36. The van der Waals surface area contributed by atoms with Crippen LogP contribution in [0.25, 0.3) is 0 Å². The second-order valence-electron chi connectivity index (χ2n) is 3.36. The third-order valence-corrected chi connectivity index (χ3v) is 2.21. The maximum absolute atomic E-state index is 10.7. The molecule has 0 aliphatic rings. The molecule has 0 amide bonds. The Morgan fingerprint density at radius 2 is 1.86 bits per heavy atom. The van der Waals surface area contributed by atoms with Gasteiger partial charge in [-0.25, -0.2) is 4.98 Å². The van der Waals surface area contributed by atoms with Crippen LogP contribution in [-0.4, -0.2) is 15.5 Å². The van der Waals surface area contributed by atoms with E-state index in [1.807, 2.05) is 45.3 Å². The lowest BCUT2D eigenvalue weighted by molar-refractivity contribution is -0.142. The number of esters is 1. The number of carbonyl (C=O) groups excluding carboxylic acids is 1. The van der Waals surface area contributed by atoms with Crippen molar-refractivity contribution >= 4 is 5.97 Å². The summed E-state index contributed by atoms with van der Waals surface area (Å²) >= 11 is 0.